The fourth-order valence-corrected chi connectivity index (χ4v) is 1.39. The Balaban J connectivity index is 2.50. The van der Waals surface area contributed by atoms with Crippen LogP contribution in [0.15, 0.2) is 18.2 Å². The molecule has 1 unspecified atom stereocenters. The van der Waals surface area contributed by atoms with Crippen LogP contribution in [0.3, 0.4) is 0 Å². The SMILES string of the molecule is COCC(CO)NCc1ccc(C)c(F)c1. The molecule has 1 atom stereocenters. The number of hydrogen-bond acceptors (Lipinski definition) is 3. The minimum absolute atomic E-state index is 0.00217. The van der Waals surface area contributed by atoms with Gasteiger partial charge in [0.05, 0.1) is 19.3 Å². The minimum atomic E-state index is -0.202. The topological polar surface area (TPSA) is 41.5 Å². The molecule has 0 aliphatic rings. The van der Waals surface area contributed by atoms with E-state index in [1.54, 1.807) is 20.1 Å². The number of methoxy groups -OCH3 is 1. The van der Waals surface area contributed by atoms with E-state index in [1.165, 1.54) is 6.07 Å². The summed E-state index contributed by atoms with van der Waals surface area (Å²) in [5, 5.41) is 12.1. The lowest BCUT2D eigenvalue weighted by Crippen LogP contribution is -2.35. The average Bonchev–Trinajstić information content (AvgIpc) is 2.28. The van der Waals surface area contributed by atoms with E-state index in [2.05, 4.69) is 5.32 Å². The standard InChI is InChI=1S/C12H18FNO2/c1-9-3-4-10(5-12(9)13)6-14-11(7-15)8-16-2/h3-5,11,14-15H,6-8H2,1-2H3. The highest BCUT2D eigenvalue weighted by atomic mass is 19.1. The molecule has 0 amide bonds. The molecule has 0 radical (unpaired) electrons. The highest BCUT2D eigenvalue weighted by Crippen LogP contribution is 2.09. The van der Waals surface area contributed by atoms with Crippen molar-refractivity contribution < 1.29 is 14.2 Å². The second kappa shape index (κ2) is 6.58. The maximum Gasteiger partial charge on any atom is 0.126 e. The zero-order valence-electron chi connectivity index (χ0n) is 9.66. The van der Waals surface area contributed by atoms with Gasteiger partial charge in [0.15, 0.2) is 0 Å². The Kier molecular flexibility index (Phi) is 5.38. The van der Waals surface area contributed by atoms with Crippen LogP contribution in [0.1, 0.15) is 11.1 Å². The molecule has 2 N–H and O–H groups in total. The van der Waals surface area contributed by atoms with Gasteiger partial charge in [-0.15, -0.1) is 0 Å². The van der Waals surface area contributed by atoms with Gasteiger partial charge < -0.3 is 15.2 Å². The highest BCUT2D eigenvalue weighted by molar-refractivity contribution is 5.23. The molecule has 0 fully saturated rings. The van der Waals surface area contributed by atoms with Gasteiger partial charge in [-0.2, -0.15) is 0 Å². The zero-order valence-corrected chi connectivity index (χ0v) is 9.66. The summed E-state index contributed by atoms with van der Waals surface area (Å²) in [5.74, 6) is -0.202. The van der Waals surface area contributed by atoms with E-state index >= 15 is 0 Å². The Morgan fingerprint density at radius 3 is 2.81 bits per heavy atom. The van der Waals surface area contributed by atoms with Gasteiger partial charge in [0.25, 0.3) is 0 Å². The van der Waals surface area contributed by atoms with Gasteiger partial charge in [-0.25, -0.2) is 4.39 Å². The van der Waals surface area contributed by atoms with Crippen molar-refractivity contribution in [2.75, 3.05) is 20.3 Å². The molecule has 0 aliphatic carbocycles. The third kappa shape index (κ3) is 3.89. The summed E-state index contributed by atoms with van der Waals surface area (Å²) >= 11 is 0. The molecule has 0 saturated heterocycles. The van der Waals surface area contributed by atoms with Crippen molar-refractivity contribution in [1.82, 2.24) is 5.32 Å². The van der Waals surface area contributed by atoms with Gasteiger partial charge in [0.1, 0.15) is 5.82 Å². The Bertz CT molecular complexity index is 331. The average molecular weight is 227 g/mol. The Morgan fingerprint density at radius 1 is 1.50 bits per heavy atom. The van der Waals surface area contributed by atoms with Gasteiger partial charge in [-0.3, -0.25) is 0 Å². The van der Waals surface area contributed by atoms with Gasteiger partial charge >= 0.3 is 0 Å². The minimum Gasteiger partial charge on any atom is -0.395 e. The van der Waals surface area contributed by atoms with E-state index < -0.39 is 0 Å². The van der Waals surface area contributed by atoms with Crippen molar-refractivity contribution >= 4 is 0 Å². The fourth-order valence-electron chi connectivity index (χ4n) is 1.39. The third-order valence-electron chi connectivity index (χ3n) is 2.42. The van der Waals surface area contributed by atoms with Crippen molar-refractivity contribution in [3.8, 4) is 0 Å². The zero-order chi connectivity index (χ0) is 12.0. The van der Waals surface area contributed by atoms with Gasteiger partial charge in [0, 0.05) is 13.7 Å². The molecule has 0 saturated carbocycles. The molecule has 1 aromatic rings. The monoisotopic (exact) mass is 227 g/mol. The number of halogens is 1. The van der Waals surface area contributed by atoms with Crippen molar-refractivity contribution in [3.05, 3.63) is 35.1 Å². The smallest absolute Gasteiger partial charge is 0.126 e. The molecule has 1 aromatic carbocycles. The van der Waals surface area contributed by atoms with Crippen molar-refractivity contribution in [1.29, 1.82) is 0 Å². The first kappa shape index (κ1) is 13.1. The first-order valence-corrected chi connectivity index (χ1v) is 5.25. The summed E-state index contributed by atoms with van der Waals surface area (Å²) < 4.78 is 18.2. The number of aliphatic hydroxyl groups excluding tert-OH is 1. The van der Waals surface area contributed by atoms with E-state index in [4.69, 9.17) is 9.84 Å². The molecule has 90 valence electrons. The maximum atomic E-state index is 13.2. The Hall–Kier alpha value is -0.970. The third-order valence-corrected chi connectivity index (χ3v) is 2.42. The highest BCUT2D eigenvalue weighted by Gasteiger charge is 2.06. The van der Waals surface area contributed by atoms with Crippen LogP contribution in [0.2, 0.25) is 0 Å². The quantitative estimate of drug-likeness (QED) is 0.768. The molecule has 4 heteroatoms. The largest absolute Gasteiger partial charge is 0.395 e. The maximum absolute atomic E-state index is 13.2. The summed E-state index contributed by atoms with van der Waals surface area (Å²) in [4.78, 5) is 0. The normalized spacial score (nSPS) is 12.8. The summed E-state index contributed by atoms with van der Waals surface area (Å²) in [6.45, 7) is 2.69. The summed E-state index contributed by atoms with van der Waals surface area (Å²) in [7, 11) is 1.58. The summed E-state index contributed by atoms with van der Waals surface area (Å²) in [6, 6.07) is 5.00. The van der Waals surface area contributed by atoms with E-state index in [0.717, 1.165) is 5.56 Å². The van der Waals surface area contributed by atoms with Gasteiger partial charge in [-0.05, 0) is 24.1 Å². The Morgan fingerprint density at radius 2 is 2.25 bits per heavy atom. The molecule has 0 aromatic heterocycles. The molecule has 0 bridgehead atoms. The second-order valence-electron chi connectivity index (χ2n) is 3.80. The van der Waals surface area contributed by atoms with Gasteiger partial charge in [-0.1, -0.05) is 12.1 Å². The van der Waals surface area contributed by atoms with Gasteiger partial charge in [0.2, 0.25) is 0 Å². The number of rotatable bonds is 6. The van der Waals surface area contributed by atoms with Crippen molar-refractivity contribution in [2.45, 2.75) is 19.5 Å². The van der Waals surface area contributed by atoms with E-state index in [-0.39, 0.29) is 18.5 Å². The van der Waals surface area contributed by atoms with Crippen LogP contribution in [-0.4, -0.2) is 31.5 Å². The summed E-state index contributed by atoms with van der Waals surface area (Å²) in [6.07, 6.45) is 0. The van der Waals surface area contributed by atoms with Crippen LogP contribution < -0.4 is 5.32 Å². The Labute approximate surface area is 95.2 Å². The summed E-state index contributed by atoms with van der Waals surface area (Å²) in [5.41, 5.74) is 1.50. The predicted molar refractivity (Wildman–Crippen MR) is 60.7 cm³/mol. The molecule has 0 heterocycles. The van der Waals surface area contributed by atoms with Crippen molar-refractivity contribution in [2.24, 2.45) is 0 Å². The molecule has 3 nitrogen and oxygen atoms in total. The van der Waals surface area contributed by atoms with Crippen LogP contribution >= 0.6 is 0 Å². The number of hydrogen-bond donors (Lipinski definition) is 2. The number of aryl methyl sites for hydroxylation is 1. The van der Waals surface area contributed by atoms with Crippen LogP contribution in [-0.2, 0) is 11.3 Å². The number of nitrogens with one attached hydrogen (secondary N) is 1. The molecule has 0 spiro atoms. The first-order chi connectivity index (χ1) is 7.67. The molecule has 0 aliphatic heterocycles. The van der Waals surface area contributed by atoms with E-state index in [9.17, 15) is 4.39 Å². The first-order valence-electron chi connectivity index (χ1n) is 5.25. The lowest BCUT2D eigenvalue weighted by Gasteiger charge is -2.15. The second-order valence-corrected chi connectivity index (χ2v) is 3.80. The van der Waals surface area contributed by atoms with Crippen LogP contribution in [0, 0.1) is 12.7 Å². The molecule has 16 heavy (non-hydrogen) atoms. The van der Waals surface area contributed by atoms with Crippen LogP contribution in [0.5, 0.6) is 0 Å². The number of aliphatic hydroxyl groups is 1. The number of benzene rings is 1. The fraction of sp³-hybridized carbons (Fsp3) is 0.500. The number of ether oxygens (including phenoxy) is 1. The molecular formula is C12H18FNO2. The lowest BCUT2D eigenvalue weighted by molar-refractivity contribution is 0.128. The van der Waals surface area contributed by atoms with Crippen LogP contribution in [0.4, 0.5) is 4.39 Å². The van der Waals surface area contributed by atoms with Crippen LogP contribution in [0.25, 0.3) is 0 Å². The molecular weight excluding hydrogens is 209 g/mol. The van der Waals surface area contributed by atoms with Crippen molar-refractivity contribution in [3.63, 3.8) is 0 Å². The predicted octanol–water partition coefficient (Wildman–Crippen LogP) is 1.23. The van der Waals surface area contributed by atoms with E-state index in [1.807, 2.05) is 6.07 Å². The van der Waals surface area contributed by atoms with E-state index in [0.29, 0.717) is 18.7 Å². The molecule has 1 rings (SSSR count). The lowest BCUT2D eigenvalue weighted by atomic mass is 10.1.